The average Bonchev–Trinajstić information content (AvgIpc) is 3.07. The molecule has 2 N–H and O–H groups in total. The third-order valence-electron chi connectivity index (χ3n) is 4.04. The molecule has 2 aliphatic heterocycles. The van der Waals surface area contributed by atoms with Gasteiger partial charge < -0.3 is 19.7 Å². The van der Waals surface area contributed by atoms with Gasteiger partial charge in [0.2, 0.25) is 0 Å². The minimum atomic E-state index is -0.427. The third-order valence-corrected chi connectivity index (χ3v) is 4.04. The maximum absolute atomic E-state index is 9.38. The minimum Gasteiger partial charge on any atom is -0.396 e. The minimum absolute atomic E-state index is 0.0338. The molecule has 3 fully saturated rings. The van der Waals surface area contributed by atoms with E-state index in [0.717, 1.165) is 19.4 Å². The monoisotopic (exact) mass is 200 g/mol. The summed E-state index contributed by atoms with van der Waals surface area (Å²) < 4.78 is 10.8. The van der Waals surface area contributed by atoms with E-state index in [-0.39, 0.29) is 25.2 Å². The first-order valence-corrected chi connectivity index (χ1v) is 5.33. The van der Waals surface area contributed by atoms with Crippen molar-refractivity contribution in [2.24, 2.45) is 11.8 Å². The van der Waals surface area contributed by atoms with E-state index in [1.807, 2.05) is 0 Å². The van der Waals surface area contributed by atoms with Crippen LogP contribution in [0.3, 0.4) is 0 Å². The summed E-state index contributed by atoms with van der Waals surface area (Å²) in [4.78, 5) is 0. The van der Waals surface area contributed by atoms with Gasteiger partial charge in [-0.15, -0.1) is 0 Å². The lowest BCUT2D eigenvalue weighted by Crippen LogP contribution is -2.43. The van der Waals surface area contributed by atoms with Crippen LogP contribution in [0, 0.1) is 11.8 Å². The Bertz CT molecular complexity index is 240. The molecule has 14 heavy (non-hydrogen) atoms. The molecule has 0 aromatic carbocycles. The van der Waals surface area contributed by atoms with Gasteiger partial charge in [-0.3, -0.25) is 0 Å². The maximum Gasteiger partial charge on any atom is 0.123 e. The van der Waals surface area contributed by atoms with Gasteiger partial charge >= 0.3 is 0 Å². The summed E-state index contributed by atoms with van der Waals surface area (Å²) in [6.45, 7) is 0.945. The first-order chi connectivity index (χ1) is 6.81. The Hall–Kier alpha value is -0.160. The van der Waals surface area contributed by atoms with Gasteiger partial charge in [-0.2, -0.15) is 0 Å². The Morgan fingerprint density at radius 3 is 2.64 bits per heavy atom. The van der Waals surface area contributed by atoms with Crippen molar-refractivity contribution in [1.29, 1.82) is 0 Å². The van der Waals surface area contributed by atoms with E-state index in [2.05, 4.69) is 0 Å². The second-order valence-electron chi connectivity index (χ2n) is 4.62. The Kier molecular flexibility index (Phi) is 1.89. The van der Waals surface area contributed by atoms with Crippen LogP contribution < -0.4 is 0 Å². The molecule has 3 rings (SSSR count). The SMILES string of the molecule is OCC1C(C2CO2)CCC2OC21CO. The number of rotatable bonds is 3. The van der Waals surface area contributed by atoms with Crippen LogP contribution in [0.2, 0.25) is 0 Å². The fourth-order valence-corrected chi connectivity index (χ4v) is 3.06. The van der Waals surface area contributed by atoms with E-state index in [9.17, 15) is 10.2 Å². The first kappa shape index (κ1) is 9.09. The van der Waals surface area contributed by atoms with E-state index in [0.29, 0.717) is 12.0 Å². The lowest BCUT2D eigenvalue weighted by Gasteiger charge is -2.32. The highest BCUT2D eigenvalue weighted by molar-refractivity contribution is 5.13. The van der Waals surface area contributed by atoms with Crippen LogP contribution in [0.1, 0.15) is 12.8 Å². The standard InChI is InChI=1S/C10H16O4/c11-3-7-6(8-4-13-8)1-2-9-10(7,5-12)14-9/h6-9,11-12H,1-5H2. The Balaban J connectivity index is 1.80. The normalized spacial score (nSPS) is 55.3. The smallest absolute Gasteiger partial charge is 0.123 e. The molecule has 80 valence electrons. The number of fused-ring (bicyclic) bond motifs is 1. The van der Waals surface area contributed by atoms with Gasteiger partial charge in [-0.25, -0.2) is 0 Å². The molecule has 0 bridgehead atoms. The molecule has 2 saturated heterocycles. The third kappa shape index (κ3) is 1.08. The number of epoxide rings is 2. The molecule has 0 radical (unpaired) electrons. The first-order valence-electron chi connectivity index (χ1n) is 5.33. The Labute approximate surface area is 82.8 Å². The van der Waals surface area contributed by atoms with Crippen LogP contribution in [0.25, 0.3) is 0 Å². The fraction of sp³-hybridized carbons (Fsp3) is 1.00. The van der Waals surface area contributed by atoms with Gasteiger partial charge in [0.15, 0.2) is 0 Å². The summed E-state index contributed by atoms with van der Waals surface area (Å²) in [5.41, 5.74) is -0.427. The van der Waals surface area contributed by atoms with E-state index in [1.165, 1.54) is 0 Å². The number of hydrogen-bond acceptors (Lipinski definition) is 4. The topological polar surface area (TPSA) is 65.5 Å². The molecule has 0 aromatic rings. The lowest BCUT2D eigenvalue weighted by atomic mass is 9.71. The van der Waals surface area contributed by atoms with E-state index in [4.69, 9.17) is 9.47 Å². The van der Waals surface area contributed by atoms with Crippen molar-refractivity contribution in [3.8, 4) is 0 Å². The molecule has 0 amide bonds. The Morgan fingerprint density at radius 1 is 1.29 bits per heavy atom. The summed E-state index contributed by atoms with van der Waals surface area (Å²) in [6, 6.07) is 0. The molecule has 5 atom stereocenters. The van der Waals surface area contributed by atoms with Crippen molar-refractivity contribution >= 4 is 0 Å². The zero-order chi connectivity index (χ0) is 9.76. The summed E-state index contributed by atoms with van der Waals surface area (Å²) in [5, 5.41) is 18.7. The number of ether oxygens (including phenoxy) is 2. The highest BCUT2D eigenvalue weighted by Crippen LogP contribution is 2.55. The van der Waals surface area contributed by atoms with Crippen LogP contribution in [-0.2, 0) is 9.47 Å². The second-order valence-corrected chi connectivity index (χ2v) is 4.62. The van der Waals surface area contributed by atoms with Gasteiger partial charge in [-0.05, 0) is 18.8 Å². The summed E-state index contributed by atoms with van der Waals surface area (Å²) in [5.74, 6) is 0.449. The van der Waals surface area contributed by atoms with E-state index >= 15 is 0 Å². The van der Waals surface area contributed by atoms with Gasteiger partial charge in [0, 0.05) is 12.5 Å². The summed E-state index contributed by atoms with van der Waals surface area (Å²) in [6.07, 6.45) is 2.55. The van der Waals surface area contributed by atoms with Crippen molar-refractivity contribution in [1.82, 2.24) is 0 Å². The highest BCUT2D eigenvalue weighted by atomic mass is 16.6. The predicted octanol–water partition coefficient (Wildman–Crippen LogP) is -0.466. The van der Waals surface area contributed by atoms with E-state index < -0.39 is 5.60 Å². The molecule has 0 aromatic heterocycles. The van der Waals surface area contributed by atoms with Crippen molar-refractivity contribution in [3.05, 3.63) is 0 Å². The molecule has 3 aliphatic rings. The molecule has 0 spiro atoms. The number of aliphatic hydroxyl groups excluding tert-OH is 2. The zero-order valence-electron chi connectivity index (χ0n) is 8.06. The molecule has 4 nitrogen and oxygen atoms in total. The fourth-order valence-electron chi connectivity index (χ4n) is 3.06. The average molecular weight is 200 g/mol. The quantitative estimate of drug-likeness (QED) is 0.605. The number of aliphatic hydroxyl groups is 2. The second kappa shape index (κ2) is 2.92. The van der Waals surface area contributed by atoms with E-state index in [1.54, 1.807) is 0 Å². The van der Waals surface area contributed by atoms with Crippen molar-refractivity contribution < 1.29 is 19.7 Å². The highest BCUT2D eigenvalue weighted by Gasteiger charge is 2.66. The zero-order valence-corrected chi connectivity index (χ0v) is 8.06. The van der Waals surface area contributed by atoms with Crippen molar-refractivity contribution in [3.63, 3.8) is 0 Å². The Morgan fingerprint density at radius 2 is 2.07 bits per heavy atom. The predicted molar refractivity (Wildman–Crippen MR) is 47.7 cm³/mol. The molecule has 1 aliphatic carbocycles. The lowest BCUT2D eigenvalue weighted by molar-refractivity contribution is 0.0332. The molecular formula is C10H16O4. The van der Waals surface area contributed by atoms with Crippen LogP contribution >= 0.6 is 0 Å². The van der Waals surface area contributed by atoms with Gasteiger partial charge in [0.05, 0.1) is 25.4 Å². The molecule has 5 unspecified atom stereocenters. The molecule has 2 heterocycles. The van der Waals surface area contributed by atoms with Crippen molar-refractivity contribution in [2.75, 3.05) is 19.8 Å². The molecular weight excluding hydrogens is 184 g/mol. The van der Waals surface area contributed by atoms with Gasteiger partial charge in [-0.1, -0.05) is 0 Å². The van der Waals surface area contributed by atoms with Crippen LogP contribution in [0.4, 0.5) is 0 Å². The van der Waals surface area contributed by atoms with Crippen LogP contribution in [0.5, 0.6) is 0 Å². The molecule has 4 heteroatoms. The van der Waals surface area contributed by atoms with Gasteiger partial charge in [0.25, 0.3) is 0 Å². The summed E-state index contributed by atoms with van der Waals surface area (Å²) >= 11 is 0. The van der Waals surface area contributed by atoms with Crippen molar-refractivity contribution in [2.45, 2.75) is 30.7 Å². The largest absolute Gasteiger partial charge is 0.396 e. The number of hydrogen-bond donors (Lipinski definition) is 2. The van der Waals surface area contributed by atoms with Crippen LogP contribution in [0.15, 0.2) is 0 Å². The summed E-state index contributed by atoms with van der Waals surface area (Å²) in [7, 11) is 0. The van der Waals surface area contributed by atoms with Gasteiger partial charge in [0.1, 0.15) is 5.60 Å². The molecule has 1 saturated carbocycles. The maximum atomic E-state index is 9.38. The van der Waals surface area contributed by atoms with Crippen LogP contribution in [-0.4, -0.2) is 47.8 Å².